The number of hydrogen-bond acceptors (Lipinski definition) is 4. The summed E-state index contributed by atoms with van der Waals surface area (Å²) in [6, 6.07) is 3.73. The van der Waals surface area contributed by atoms with Gasteiger partial charge in [0.1, 0.15) is 0 Å². The summed E-state index contributed by atoms with van der Waals surface area (Å²) in [6.45, 7) is 0. The maximum absolute atomic E-state index is 11.3. The van der Waals surface area contributed by atoms with Crippen LogP contribution in [0.5, 0.6) is 0 Å². The Labute approximate surface area is 105 Å². The molecule has 1 aliphatic rings. The molecule has 1 aliphatic heterocycles. The van der Waals surface area contributed by atoms with E-state index >= 15 is 0 Å². The summed E-state index contributed by atoms with van der Waals surface area (Å²) in [5, 5.41) is 2.79. The number of anilines is 2. The summed E-state index contributed by atoms with van der Waals surface area (Å²) >= 11 is 0. The van der Waals surface area contributed by atoms with Crippen molar-refractivity contribution in [2.75, 3.05) is 18.2 Å². The highest BCUT2D eigenvalue weighted by Crippen LogP contribution is 2.28. The van der Waals surface area contributed by atoms with Crippen LogP contribution in [-0.2, 0) is 27.2 Å². The number of hydrogen-bond donors (Lipinski definition) is 2. The van der Waals surface area contributed by atoms with E-state index in [-0.39, 0.29) is 11.9 Å². The topological polar surface area (TPSA) is 81.4 Å². The van der Waals surface area contributed by atoms with Crippen molar-refractivity contribution in [3.8, 4) is 0 Å². The highest BCUT2D eigenvalue weighted by atomic mass is 16.5. The Kier molecular flexibility index (Phi) is 3.50. The molecule has 0 fully saturated rings. The van der Waals surface area contributed by atoms with Crippen LogP contribution in [0.1, 0.15) is 24.0 Å². The molecule has 0 atom stereocenters. The molecule has 0 bridgehead atoms. The van der Waals surface area contributed by atoms with E-state index in [1.165, 1.54) is 7.11 Å². The lowest BCUT2D eigenvalue weighted by Crippen LogP contribution is -2.19. The molecule has 2 rings (SSSR count). The molecule has 3 N–H and O–H groups in total. The normalized spacial score (nSPS) is 13.7. The number of esters is 1. The van der Waals surface area contributed by atoms with Gasteiger partial charge in [0, 0.05) is 24.2 Å². The Hall–Kier alpha value is -2.04. The van der Waals surface area contributed by atoms with Crippen LogP contribution in [-0.4, -0.2) is 19.0 Å². The molecule has 0 spiro atoms. The molecule has 5 nitrogen and oxygen atoms in total. The van der Waals surface area contributed by atoms with E-state index in [9.17, 15) is 9.59 Å². The van der Waals surface area contributed by atoms with Gasteiger partial charge in [0.25, 0.3) is 0 Å². The zero-order valence-electron chi connectivity index (χ0n) is 10.3. The number of benzene rings is 1. The third-order valence-electron chi connectivity index (χ3n) is 3.09. The van der Waals surface area contributed by atoms with Crippen LogP contribution in [0.15, 0.2) is 12.1 Å². The molecule has 0 aliphatic carbocycles. The summed E-state index contributed by atoms with van der Waals surface area (Å²) in [4.78, 5) is 22.4. The van der Waals surface area contributed by atoms with Gasteiger partial charge in [-0.2, -0.15) is 0 Å². The van der Waals surface area contributed by atoms with E-state index < -0.39 is 0 Å². The van der Waals surface area contributed by atoms with Crippen molar-refractivity contribution in [2.24, 2.45) is 0 Å². The SMILES string of the molecule is COC(=O)CCc1cc2c(cc1N)NC(=O)CC2. The fraction of sp³-hybridized carbons (Fsp3) is 0.385. The molecule has 0 unspecified atom stereocenters. The number of ether oxygens (including phenoxy) is 1. The third kappa shape index (κ3) is 2.61. The number of nitrogens with one attached hydrogen (secondary N) is 1. The van der Waals surface area contributed by atoms with Crippen LogP contribution < -0.4 is 11.1 Å². The molecule has 1 aromatic carbocycles. The van der Waals surface area contributed by atoms with Crippen LogP contribution in [0.4, 0.5) is 11.4 Å². The predicted molar refractivity (Wildman–Crippen MR) is 68.1 cm³/mol. The molecular weight excluding hydrogens is 232 g/mol. The first kappa shape index (κ1) is 12.4. The highest BCUT2D eigenvalue weighted by molar-refractivity contribution is 5.94. The van der Waals surface area contributed by atoms with E-state index in [0.29, 0.717) is 31.4 Å². The summed E-state index contributed by atoms with van der Waals surface area (Å²) in [7, 11) is 1.37. The highest BCUT2D eigenvalue weighted by Gasteiger charge is 2.16. The second-order valence-corrected chi connectivity index (χ2v) is 4.33. The van der Waals surface area contributed by atoms with Gasteiger partial charge in [-0.15, -0.1) is 0 Å². The van der Waals surface area contributed by atoms with Crippen molar-refractivity contribution in [3.05, 3.63) is 23.3 Å². The molecule has 0 saturated carbocycles. The smallest absolute Gasteiger partial charge is 0.305 e. The Morgan fingerprint density at radius 2 is 2.22 bits per heavy atom. The molecule has 0 radical (unpaired) electrons. The third-order valence-corrected chi connectivity index (χ3v) is 3.09. The van der Waals surface area contributed by atoms with Gasteiger partial charge in [-0.3, -0.25) is 9.59 Å². The zero-order chi connectivity index (χ0) is 13.1. The van der Waals surface area contributed by atoms with Crippen LogP contribution in [0.25, 0.3) is 0 Å². The van der Waals surface area contributed by atoms with E-state index in [1.807, 2.05) is 6.07 Å². The Morgan fingerprint density at radius 1 is 1.44 bits per heavy atom. The monoisotopic (exact) mass is 248 g/mol. The molecule has 96 valence electrons. The Morgan fingerprint density at radius 3 is 2.94 bits per heavy atom. The molecule has 0 aromatic heterocycles. The van der Waals surface area contributed by atoms with Gasteiger partial charge in [0.05, 0.1) is 7.11 Å². The number of carbonyl (C=O) groups is 2. The van der Waals surface area contributed by atoms with Gasteiger partial charge in [0.2, 0.25) is 5.91 Å². The first-order valence-corrected chi connectivity index (χ1v) is 5.88. The maximum atomic E-state index is 11.3. The van der Waals surface area contributed by atoms with E-state index in [1.54, 1.807) is 6.07 Å². The Balaban J connectivity index is 2.17. The number of carbonyl (C=O) groups excluding carboxylic acids is 2. The fourth-order valence-electron chi connectivity index (χ4n) is 2.05. The molecule has 18 heavy (non-hydrogen) atoms. The maximum Gasteiger partial charge on any atom is 0.305 e. The van der Waals surface area contributed by atoms with Gasteiger partial charge in [-0.1, -0.05) is 6.07 Å². The molecule has 5 heteroatoms. The van der Waals surface area contributed by atoms with E-state index in [4.69, 9.17) is 5.73 Å². The molecular formula is C13H16N2O3. The van der Waals surface area contributed by atoms with E-state index in [2.05, 4.69) is 10.1 Å². The van der Waals surface area contributed by atoms with Crippen molar-refractivity contribution in [3.63, 3.8) is 0 Å². The van der Waals surface area contributed by atoms with Crippen LogP contribution >= 0.6 is 0 Å². The minimum atomic E-state index is -0.250. The number of amides is 1. The first-order valence-electron chi connectivity index (χ1n) is 5.88. The van der Waals surface area contributed by atoms with Crippen LogP contribution in [0.3, 0.4) is 0 Å². The minimum Gasteiger partial charge on any atom is -0.469 e. The number of rotatable bonds is 3. The zero-order valence-corrected chi connectivity index (χ0v) is 10.3. The van der Waals surface area contributed by atoms with Crippen molar-refractivity contribution < 1.29 is 14.3 Å². The second-order valence-electron chi connectivity index (χ2n) is 4.33. The minimum absolute atomic E-state index is 0.0178. The molecule has 1 heterocycles. The van der Waals surface area contributed by atoms with Crippen molar-refractivity contribution >= 4 is 23.3 Å². The number of fused-ring (bicyclic) bond motifs is 1. The van der Waals surface area contributed by atoms with Crippen LogP contribution in [0.2, 0.25) is 0 Å². The van der Waals surface area contributed by atoms with Crippen molar-refractivity contribution in [2.45, 2.75) is 25.7 Å². The summed E-state index contributed by atoms with van der Waals surface area (Å²) < 4.78 is 4.60. The quantitative estimate of drug-likeness (QED) is 0.623. The average Bonchev–Trinajstić information content (AvgIpc) is 2.35. The standard InChI is InChI=1S/C13H16N2O3/c1-18-13(17)5-3-8-6-9-2-4-12(16)15-11(9)7-10(8)14/h6-7H,2-5,14H2,1H3,(H,15,16). The lowest BCUT2D eigenvalue weighted by molar-refractivity contribution is -0.140. The van der Waals surface area contributed by atoms with Gasteiger partial charge >= 0.3 is 5.97 Å². The lowest BCUT2D eigenvalue weighted by atomic mass is 9.97. The molecule has 0 saturated heterocycles. The van der Waals surface area contributed by atoms with Gasteiger partial charge < -0.3 is 15.8 Å². The summed E-state index contributed by atoms with van der Waals surface area (Å²) in [5.74, 6) is -0.232. The van der Waals surface area contributed by atoms with Crippen LogP contribution in [0, 0.1) is 0 Å². The second kappa shape index (κ2) is 5.08. The van der Waals surface area contributed by atoms with Crippen molar-refractivity contribution in [1.82, 2.24) is 0 Å². The Bertz CT molecular complexity index is 497. The number of nitrogens with two attached hydrogens (primary N) is 1. The molecule has 1 aromatic rings. The predicted octanol–water partition coefficient (Wildman–Crippen LogP) is 1.26. The summed E-state index contributed by atoms with van der Waals surface area (Å²) in [5.41, 5.74) is 9.29. The average molecular weight is 248 g/mol. The summed E-state index contributed by atoms with van der Waals surface area (Å²) in [6.07, 6.45) is 2.08. The largest absolute Gasteiger partial charge is 0.469 e. The fourth-order valence-corrected chi connectivity index (χ4v) is 2.05. The molecule has 1 amide bonds. The van der Waals surface area contributed by atoms with Gasteiger partial charge in [-0.05, 0) is 30.0 Å². The van der Waals surface area contributed by atoms with Crippen molar-refractivity contribution in [1.29, 1.82) is 0 Å². The number of methoxy groups -OCH3 is 1. The first-order chi connectivity index (χ1) is 8.60. The van der Waals surface area contributed by atoms with Gasteiger partial charge in [-0.25, -0.2) is 0 Å². The number of aryl methyl sites for hydroxylation is 2. The van der Waals surface area contributed by atoms with E-state index in [0.717, 1.165) is 16.8 Å². The van der Waals surface area contributed by atoms with Gasteiger partial charge in [0.15, 0.2) is 0 Å². The lowest BCUT2D eigenvalue weighted by Gasteiger charge is -2.19. The number of nitrogen functional groups attached to an aromatic ring is 1.